The molecule has 0 amide bonds. The van der Waals surface area contributed by atoms with Crippen LogP contribution in [0.4, 0.5) is 0 Å². The molecule has 0 aromatic carbocycles. The van der Waals surface area contributed by atoms with Gasteiger partial charge in [0.2, 0.25) is 0 Å². The molecule has 3 nitrogen and oxygen atoms in total. The van der Waals surface area contributed by atoms with E-state index in [1.54, 1.807) is 13.2 Å². The molecular weight excluding hydrogens is 180 g/mol. The van der Waals surface area contributed by atoms with Crippen LogP contribution in [0.15, 0.2) is 23.7 Å². The standard InChI is InChI=1S/C11H16O3/c1-14-7-11(4-5-11)8-2-3-9(12)10(13)6-8/h2-3,8,12-13H,4-7H2,1H3. The molecule has 1 fully saturated rings. The van der Waals surface area contributed by atoms with Crippen molar-refractivity contribution in [2.45, 2.75) is 19.3 Å². The van der Waals surface area contributed by atoms with Gasteiger partial charge in [-0.05, 0) is 24.8 Å². The fourth-order valence-electron chi connectivity index (χ4n) is 2.18. The molecule has 2 aliphatic carbocycles. The molecule has 2 rings (SSSR count). The normalized spacial score (nSPS) is 29.4. The minimum absolute atomic E-state index is 0.00877. The monoisotopic (exact) mass is 196 g/mol. The maximum absolute atomic E-state index is 9.45. The molecule has 78 valence electrons. The third-order valence-electron chi connectivity index (χ3n) is 3.31. The minimum atomic E-state index is 0.00877. The number of hydrogen-bond donors (Lipinski definition) is 2. The first-order valence-corrected chi connectivity index (χ1v) is 4.96. The predicted molar refractivity (Wildman–Crippen MR) is 53.1 cm³/mol. The van der Waals surface area contributed by atoms with Gasteiger partial charge in [0, 0.05) is 18.9 Å². The van der Waals surface area contributed by atoms with Crippen LogP contribution in [0.3, 0.4) is 0 Å². The smallest absolute Gasteiger partial charge is 0.152 e. The zero-order valence-corrected chi connectivity index (χ0v) is 8.36. The molecule has 0 radical (unpaired) electrons. The number of rotatable bonds is 3. The van der Waals surface area contributed by atoms with Crippen molar-refractivity contribution >= 4 is 0 Å². The van der Waals surface area contributed by atoms with E-state index in [0.29, 0.717) is 12.3 Å². The fourth-order valence-corrected chi connectivity index (χ4v) is 2.18. The second-order valence-corrected chi connectivity index (χ2v) is 4.30. The van der Waals surface area contributed by atoms with Crippen LogP contribution in [0, 0.1) is 11.3 Å². The Bertz CT molecular complexity index is 287. The summed E-state index contributed by atoms with van der Waals surface area (Å²) in [5, 5.41) is 18.7. The van der Waals surface area contributed by atoms with Gasteiger partial charge in [0.25, 0.3) is 0 Å². The maximum Gasteiger partial charge on any atom is 0.152 e. The first-order valence-electron chi connectivity index (χ1n) is 4.96. The van der Waals surface area contributed by atoms with Gasteiger partial charge in [-0.2, -0.15) is 0 Å². The van der Waals surface area contributed by atoms with Crippen LogP contribution < -0.4 is 0 Å². The second kappa shape index (κ2) is 3.31. The Kier molecular flexibility index (Phi) is 2.27. The SMILES string of the molecule is COCC1(C2C=CC(O)=C(O)C2)CC1. The van der Waals surface area contributed by atoms with Crippen LogP contribution in [0.25, 0.3) is 0 Å². The van der Waals surface area contributed by atoms with E-state index in [-0.39, 0.29) is 16.9 Å². The van der Waals surface area contributed by atoms with Gasteiger partial charge in [0.1, 0.15) is 5.76 Å². The number of ether oxygens (including phenoxy) is 1. The van der Waals surface area contributed by atoms with Gasteiger partial charge in [-0.15, -0.1) is 0 Å². The highest BCUT2D eigenvalue weighted by atomic mass is 16.5. The summed E-state index contributed by atoms with van der Waals surface area (Å²) in [5.41, 5.74) is 0.222. The quantitative estimate of drug-likeness (QED) is 0.728. The summed E-state index contributed by atoms with van der Waals surface area (Å²) in [6.07, 6.45) is 6.44. The van der Waals surface area contributed by atoms with Crippen molar-refractivity contribution in [2.75, 3.05) is 13.7 Å². The molecule has 0 heterocycles. The Morgan fingerprint density at radius 1 is 1.50 bits per heavy atom. The molecule has 1 saturated carbocycles. The molecule has 0 spiro atoms. The van der Waals surface area contributed by atoms with E-state index in [9.17, 15) is 10.2 Å². The zero-order valence-electron chi connectivity index (χ0n) is 8.36. The molecule has 1 atom stereocenters. The summed E-state index contributed by atoms with van der Waals surface area (Å²) >= 11 is 0. The average molecular weight is 196 g/mol. The molecule has 0 bridgehead atoms. The van der Waals surface area contributed by atoms with Gasteiger partial charge < -0.3 is 14.9 Å². The lowest BCUT2D eigenvalue weighted by Gasteiger charge is -2.25. The summed E-state index contributed by atoms with van der Waals surface area (Å²) in [7, 11) is 1.71. The summed E-state index contributed by atoms with van der Waals surface area (Å²) in [5.74, 6) is 0.438. The molecule has 1 unspecified atom stereocenters. The van der Waals surface area contributed by atoms with Crippen molar-refractivity contribution in [3.8, 4) is 0 Å². The first-order chi connectivity index (χ1) is 6.68. The van der Waals surface area contributed by atoms with Gasteiger partial charge in [-0.25, -0.2) is 0 Å². The highest BCUT2D eigenvalue weighted by Gasteiger charge is 2.49. The first kappa shape index (κ1) is 9.59. The molecule has 3 heteroatoms. The van der Waals surface area contributed by atoms with Crippen LogP contribution in [0.1, 0.15) is 19.3 Å². The van der Waals surface area contributed by atoms with E-state index < -0.39 is 0 Å². The Labute approximate surface area is 83.7 Å². The van der Waals surface area contributed by atoms with Crippen molar-refractivity contribution in [1.82, 2.24) is 0 Å². The molecule has 0 saturated heterocycles. The molecule has 14 heavy (non-hydrogen) atoms. The van der Waals surface area contributed by atoms with Gasteiger partial charge >= 0.3 is 0 Å². The maximum atomic E-state index is 9.45. The molecule has 0 aliphatic heterocycles. The Morgan fingerprint density at radius 2 is 2.21 bits per heavy atom. The van der Waals surface area contributed by atoms with Crippen molar-refractivity contribution < 1.29 is 14.9 Å². The number of hydrogen-bond acceptors (Lipinski definition) is 3. The Morgan fingerprint density at radius 3 is 2.71 bits per heavy atom. The van der Waals surface area contributed by atoms with Crippen molar-refractivity contribution in [1.29, 1.82) is 0 Å². The van der Waals surface area contributed by atoms with E-state index in [4.69, 9.17) is 4.74 Å². The van der Waals surface area contributed by atoms with E-state index in [1.165, 1.54) is 0 Å². The zero-order chi connectivity index (χ0) is 10.2. The van der Waals surface area contributed by atoms with E-state index >= 15 is 0 Å². The van der Waals surface area contributed by atoms with Crippen LogP contribution in [0.2, 0.25) is 0 Å². The van der Waals surface area contributed by atoms with Crippen molar-refractivity contribution in [3.63, 3.8) is 0 Å². The number of methoxy groups -OCH3 is 1. The van der Waals surface area contributed by atoms with Gasteiger partial charge in [0.15, 0.2) is 5.76 Å². The lowest BCUT2D eigenvalue weighted by molar-refractivity contribution is 0.112. The number of aliphatic hydroxyl groups is 2. The van der Waals surface area contributed by atoms with Crippen LogP contribution in [-0.2, 0) is 4.74 Å². The minimum Gasteiger partial charge on any atom is -0.508 e. The topological polar surface area (TPSA) is 49.7 Å². The lowest BCUT2D eigenvalue weighted by Crippen LogP contribution is -2.22. The summed E-state index contributed by atoms with van der Waals surface area (Å²) in [6.45, 7) is 0.746. The van der Waals surface area contributed by atoms with E-state index in [1.807, 2.05) is 6.08 Å². The summed E-state index contributed by atoms with van der Waals surface area (Å²) < 4.78 is 5.19. The molecular formula is C11H16O3. The van der Waals surface area contributed by atoms with Crippen LogP contribution >= 0.6 is 0 Å². The molecule has 2 N–H and O–H groups in total. The van der Waals surface area contributed by atoms with E-state index in [2.05, 4.69) is 0 Å². The van der Waals surface area contributed by atoms with Gasteiger partial charge in [0.05, 0.1) is 6.61 Å². The van der Waals surface area contributed by atoms with Crippen LogP contribution in [0.5, 0.6) is 0 Å². The van der Waals surface area contributed by atoms with Gasteiger partial charge in [-0.3, -0.25) is 0 Å². The summed E-state index contributed by atoms with van der Waals surface area (Å²) in [4.78, 5) is 0. The van der Waals surface area contributed by atoms with Crippen molar-refractivity contribution in [3.05, 3.63) is 23.7 Å². The Hall–Kier alpha value is -0.960. The highest BCUT2D eigenvalue weighted by Crippen LogP contribution is 2.55. The predicted octanol–water partition coefficient (Wildman–Crippen LogP) is 2.32. The van der Waals surface area contributed by atoms with Crippen molar-refractivity contribution in [2.24, 2.45) is 11.3 Å². The molecule has 2 aliphatic rings. The third-order valence-corrected chi connectivity index (χ3v) is 3.31. The largest absolute Gasteiger partial charge is 0.508 e. The second-order valence-electron chi connectivity index (χ2n) is 4.30. The Balaban J connectivity index is 2.06. The molecule has 0 aromatic rings. The highest BCUT2D eigenvalue weighted by molar-refractivity contribution is 5.24. The average Bonchev–Trinajstić information content (AvgIpc) is 2.91. The van der Waals surface area contributed by atoms with Crippen LogP contribution in [-0.4, -0.2) is 23.9 Å². The third kappa shape index (κ3) is 1.52. The molecule has 0 aromatic heterocycles. The summed E-state index contributed by atoms with van der Waals surface area (Å²) in [6, 6.07) is 0. The van der Waals surface area contributed by atoms with Gasteiger partial charge in [-0.1, -0.05) is 6.08 Å². The lowest BCUT2D eigenvalue weighted by atomic mass is 9.83. The number of allylic oxidation sites excluding steroid dienone is 3. The van der Waals surface area contributed by atoms with E-state index in [0.717, 1.165) is 19.4 Å². The number of aliphatic hydroxyl groups excluding tert-OH is 2. The fraction of sp³-hybridized carbons (Fsp3) is 0.636.